The fraction of sp³-hybridized carbons (Fsp3) is 0.286. The highest BCUT2D eigenvalue weighted by Gasteiger charge is 1.98. The largest absolute Gasteiger partial charge is 0.489 e. The second-order valence-electron chi connectivity index (χ2n) is 3.57. The molecule has 1 aromatic rings. The number of ether oxygens (including phenoxy) is 1. The summed E-state index contributed by atoms with van der Waals surface area (Å²) in [5.74, 6) is 0.891. The molecule has 0 saturated carbocycles. The molecule has 2 heteroatoms. The lowest BCUT2D eigenvalue weighted by molar-refractivity contribution is 0.362. The molecule has 2 nitrogen and oxygen atoms in total. The van der Waals surface area contributed by atoms with Crippen LogP contribution in [0.2, 0.25) is 0 Å². The molecule has 0 heterocycles. The van der Waals surface area contributed by atoms with Crippen molar-refractivity contribution in [1.82, 2.24) is 5.32 Å². The fourth-order valence-electron chi connectivity index (χ4n) is 1.24. The normalized spacial score (nSPS) is 12.6. The van der Waals surface area contributed by atoms with E-state index in [1.807, 2.05) is 31.3 Å². The van der Waals surface area contributed by atoms with Crippen LogP contribution in [0.4, 0.5) is 0 Å². The third kappa shape index (κ3) is 3.91. The summed E-state index contributed by atoms with van der Waals surface area (Å²) < 4.78 is 5.56. The van der Waals surface area contributed by atoms with E-state index in [2.05, 4.69) is 31.0 Å². The maximum absolute atomic E-state index is 5.56. The highest BCUT2D eigenvalue weighted by atomic mass is 16.5. The van der Waals surface area contributed by atoms with Crippen molar-refractivity contribution in [3.63, 3.8) is 0 Å². The smallest absolute Gasteiger partial charge is 0.126 e. The quantitative estimate of drug-likeness (QED) is 0.740. The summed E-state index contributed by atoms with van der Waals surface area (Å²) in [5, 5.41) is 3.15. The molecule has 1 rings (SSSR count). The van der Waals surface area contributed by atoms with E-state index in [-0.39, 0.29) is 0 Å². The average molecular weight is 217 g/mol. The molecule has 1 unspecified atom stereocenters. The summed E-state index contributed by atoms with van der Waals surface area (Å²) >= 11 is 0. The molecule has 1 aromatic carbocycles. The van der Waals surface area contributed by atoms with Crippen LogP contribution in [-0.4, -0.2) is 19.7 Å². The first-order chi connectivity index (χ1) is 7.77. The average Bonchev–Trinajstić information content (AvgIpc) is 2.34. The number of rotatable bonds is 6. The summed E-state index contributed by atoms with van der Waals surface area (Å²) in [4.78, 5) is 0. The molecule has 0 fully saturated rings. The minimum atomic E-state index is 0.354. The summed E-state index contributed by atoms with van der Waals surface area (Å²) in [5.41, 5.74) is 1.09. The Morgan fingerprint density at radius 2 is 2.19 bits per heavy atom. The molecular formula is C14H19NO. The van der Waals surface area contributed by atoms with E-state index < -0.39 is 0 Å². The first-order valence-corrected chi connectivity index (χ1v) is 5.46. The molecule has 0 aliphatic rings. The van der Waals surface area contributed by atoms with Gasteiger partial charge in [-0.25, -0.2) is 0 Å². The first kappa shape index (κ1) is 12.5. The second-order valence-corrected chi connectivity index (χ2v) is 3.57. The van der Waals surface area contributed by atoms with Gasteiger partial charge in [0, 0.05) is 11.6 Å². The van der Waals surface area contributed by atoms with Gasteiger partial charge in [-0.2, -0.15) is 0 Å². The van der Waals surface area contributed by atoms with Crippen molar-refractivity contribution in [2.24, 2.45) is 0 Å². The Kier molecular flexibility index (Phi) is 5.37. The molecule has 0 aliphatic carbocycles. The summed E-state index contributed by atoms with van der Waals surface area (Å²) in [7, 11) is 1.94. The number of para-hydroxylation sites is 1. The molecule has 0 amide bonds. The van der Waals surface area contributed by atoms with E-state index in [4.69, 9.17) is 4.74 Å². The second kappa shape index (κ2) is 6.85. The Balaban J connectivity index is 2.77. The van der Waals surface area contributed by atoms with Crippen LogP contribution in [0.25, 0.3) is 6.08 Å². The number of benzene rings is 1. The SMILES string of the molecule is C=CCOc1ccccc1/C=C/C(C)NC. The van der Waals surface area contributed by atoms with Crippen LogP contribution < -0.4 is 10.1 Å². The molecular weight excluding hydrogens is 198 g/mol. The molecule has 1 N–H and O–H groups in total. The van der Waals surface area contributed by atoms with Crippen LogP contribution >= 0.6 is 0 Å². The number of likely N-dealkylation sites (N-methyl/N-ethyl adjacent to an activating group) is 1. The van der Waals surface area contributed by atoms with Crippen molar-refractivity contribution < 1.29 is 4.74 Å². The Bertz CT molecular complexity index is 358. The maximum Gasteiger partial charge on any atom is 0.126 e. The van der Waals surface area contributed by atoms with Crippen LogP contribution in [-0.2, 0) is 0 Å². The number of hydrogen-bond acceptors (Lipinski definition) is 2. The number of nitrogens with one attached hydrogen (secondary N) is 1. The molecule has 86 valence electrons. The summed E-state index contributed by atoms with van der Waals surface area (Å²) in [6.07, 6.45) is 5.92. The van der Waals surface area contributed by atoms with Crippen LogP contribution in [0.3, 0.4) is 0 Å². The molecule has 1 atom stereocenters. The highest BCUT2D eigenvalue weighted by Crippen LogP contribution is 2.19. The monoisotopic (exact) mass is 217 g/mol. The topological polar surface area (TPSA) is 21.3 Å². The van der Waals surface area contributed by atoms with Gasteiger partial charge in [0.15, 0.2) is 0 Å². The molecule has 0 radical (unpaired) electrons. The molecule has 0 saturated heterocycles. The minimum absolute atomic E-state index is 0.354. The van der Waals surface area contributed by atoms with E-state index in [1.165, 1.54) is 0 Å². The predicted octanol–water partition coefficient (Wildman–Crippen LogP) is 2.87. The van der Waals surface area contributed by atoms with Gasteiger partial charge in [-0.3, -0.25) is 0 Å². The van der Waals surface area contributed by atoms with Gasteiger partial charge in [-0.05, 0) is 20.0 Å². The minimum Gasteiger partial charge on any atom is -0.489 e. The zero-order chi connectivity index (χ0) is 11.8. The van der Waals surface area contributed by atoms with Gasteiger partial charge < -0.3 is 10.1 Å². The zero-order valence-electron chi connectivity index (χ0n) is 9.94. The lowest BCUT2D eigenvalue weighted by Crippen LogP contribution is -2.17. The van der Waals surface area contributed by atoms with Crippen molar-refractivity contribution in [2.75, 3.05) is 13.7 Å². The Morgan fingerprint density at radius 3 is 2.88 bits per heavy atom. The first-order valence-electron chi connectivity index (χ1n) is 5.46. The van der Waals surface area contributed by atoms with E-state index in [9.17, 15) is 0 Å². The van der Waals surface area contributed by atoms with Gasteiger partial charge in [-0.1, -0.05) is 43.0 Å². The standard InChI is InChI=1S/C14H19NO/c1-4-11-16-14-8-6-5-7-13(14)10-9-12(2)15-3/h4-10,12,15H,1,11H2,2-3H3/b10-9+. The van der Waals surface area contributed by atoms with E-state index in [1.54, 1.807) is 6.08 Å². The lowest BCUT2D eigenvalue weighted by Gasteiger charge is -2.07. The Labute approximate surface area is 97.6 Å². The third-order valence-electron chi connectivity index (χ3n) is 2.30. The number of hydrogen-bond donors (Lipinski definition) is 1. The maximum atomic E-state index is 5.56. The van der Waals surface area contributed by atoms with Crippen molar-refractivity contribution in [3.05, 3.63) is 48.6 Å². The highest BCUT2D eigenvalue weighted by molar-refractivity contribution is 5.57. The van der Waals surface area contributed by atoms with Gasteiger partial charge in [0.2, 0.25) is 0 Å². The van der Waals surface area contributed by atoms with E-state index in [0.717, 1.165) is 11.3 Å². The van der Waals surface area contributed by atoms with Crippen LogP contribution in [0.1, 0.15) is 12.5 Å². The molecule has 0 spiro atoms. The zero-order valence-corrected chi connectivity index (χ0v) is 9.94. The summed E-state index contributed by atoms with van der Waals surface area (Å²) in [6, 6.07) is 8.33. The van der Waals surface area contributed by atoms with E-state index >= 15 is 0 Å². The van der Waals surface area contributed by atoms with Crippen molar-refractivity contribution in [2.45, 2.75) is 13.0 Å². The summed E-state index contributed by atoms with van der Waals surface area (Å²) in [6.45, 7) is 6.27. The van der Waals surface area contributed by atoms with Gasteiger partial charge >= 0.3 is 0 Å². The van der Waals surface area contributed by atoms with Crippen molar-refractivity contribution in [3.8, 4) is 5.75 Å². The van der Waals surface area contributed by atoms with Crippen molar-refractivity contribution >= 4 is 6.08 Å². The molecule has 0 aliphatic heterocycles. The van der Waals surface area contributed by atoms with Crippen molar-refractivity contribution in [1.29, 1.82) is 0 Å². The molecule has 0 aromatic heterocycles. The van der Waals surface area contributed by atoms with Gasteiger partial charge in [0.05, 0.1) is 0 Å². The predicted molar refractivity (Wildman–Crippen MR) is 69.7 cm³/mol. The Morgan fingerprint density at radius 1 is 1.44 bits per heavy atom. The van der Waals surface area contributed by atoms with Gasteiger partial charge in [0.1, 0.15) is 12.4 Å². The van der Waals surface area contributed by atoms with Crippen LogP contribution in [0.5, 0.6) is 5.75 Å². The van der Waals surface area contributed by atoms with Crippen LogP contribution in [0, 0.1) is 0 Å². The van der Waals surface area contributed by atoms with Gasteiger partial charge in [0.25, 0.3) is 0 Å². The third-order valence-corrected chi connectivity index (χ3v) is 2.30. The van der Waals surface area contributed by atoms with Crippen LogP contribution in [0.15, 0.2) is 43.0 Å². The van der Waals surface area contributed by atoms with Gasteiger partial charge in [-0.15, -0.1) is 0 Å². The Hall–Kier alpha value is -1.54. The lowest BCUT2D eigenvalue weighted by atomic mass is 10.1. The van der Waals surface area contributed by atoms with E-state index in [0.29, 0.717) is 12.6 Å². The molecule has 0 bridgehead atoms. The molecule has 16 heavy (non-hydrogen) atoms. The fourth-order valence-corrected chi connectivity index (χ4v) is 1.24.